The summed E-state index contributed by atoms with van der Waals surface area (Å²) in [5, 5.41) is 3.40. The molecule has 0 spiro atoms. The molecule has 0 unspecified atom stereocenters. The topological polar surface area (TPSA) is 54.2 Å². The molecule has 110 valence electrons. The molecule has 1 aliphatic carbocycles. The van der Waals surface area contributed by atoms with Gasteiger partial charge >= 0.3 is 0 Å². The molecule has 0 aliphatic heterocycles. The average molecular weight is 292 g/mol. The van der Waals surface area contributed by atoms with E-state index in [0.29, 0.717) is 4.99 Å². The molecule has 0 radical (unpaired) electrons. The van der Waals surface area contributed by atoms with Gasteiger partial charge in [-0.2, -0.15) is 0 Å². The Balaban J connectivity index is 2.08. The van der Waals surface area contributed by atoms with Gasteiger partial charge in [-0.15, -0.1) is 0 Å². The number of thiocarbonyl (C=S) groups is 1. The number of hydrogen-bond acceptors (Lipinski definition) is 4. The Bertz CT molecular complexity index is 483. The fourth-order valence-corrected chi connectivity index (χ4v) is 2.82. The van der Waals surface area contributed by atoms with E-state index >= 15 is 0 Å². The minimum Gasteiger partial charge on any atom is -0.389 e. The summed E-state index contributed by atoms with van der Waals surface area (Å²) in [6.07, 6.45) is 3.34. The summed E-state index contributed by atoms with van der Waals surface area (Å²) in [6.45, 7) is 8.36. The van der Waals surface area contributed by atoms with Crippen molar-refractivity contribution in [2.24, 2.45) is 5.73 Å². The number of nitrogens with two attached hydrogens (primary N) is 1. The number of rotatable bonds is 7. The number of hydrogen-bond donors (Lipinski definition) is 2. The van der Waals surface area contributed by atoms with Gasteiger partial charge in [-0.25, -0.2) is 4.98 Å². The summed E-state index contributed by atoms with van der Waals surface area (Å²) in [6, 6.07) is 2.12. The zero-order valence-electron chi connectivity index (χ0n) is 12.4. The molecule has 0 bridgehead atoms. The number of nitrogens with one attached hydrogen (secondary N) is 1. The van der Waals surface area contributed by atoms with Crippen LogP contribution in [0.2, 0.25) is 0 Å². The molecule has 1 aliphatic rings. The van der Waals surface area contributed by atoms with E-state index in [1.807, 2.05) is 0 Å². The minimum atomic E-state index is 0.428. The van der Waals surface area contributed by atoms with Crippen LogP contribution in [0.5, 0.6) is 0 Å². The van der Waals surface area contributed by atoms with Crippen molar-refractivity contribution in [2.45, 2.75) is 33.1 Å². The first-order valence-corrected chi connectivity index (χ1v) is 7.85. The maximum absolute atomic E-state index is 5.83. The van der Waals surface area contributed by atoms with Crippen molar-refractivity contribution < 1.29 is 0 Å². The van der Waals surface area contributed by atoms with Gasteiger partial charge in [-0.3, -0.25) is 0 Å². The Morgan fingerprint density at radius 3 is 2.80 bits per heavy atom. The predicted octanol–water partition coefficient (Wildman–Crippen LogP) is 1.96. The molecule has 0 fully saturated rings. The van der Waals surface area contributed by atoms with Gasteiger partial charge in [0.15, 0.2) is 0 Å². The van der Waals surface area contributed by atoms with Gasteiger partial charge in [0.1, 0.15) is 10.8 Å². The second kappa shape index (κ2) is 6.99. The third-order valence-corrected chi connectivity index (χ3v) is 4.15. The third-order valence-electron chi connectivity index (χ3n) is 3.93. The van der Waals surface area contributed by atoms with E-state index in [4.69, 9.17) is 22.9 Å². The molecule has 0 aromatic carbocycles. The second-order valence-corrected chi connectivity index (χ2v) is 5.60. The lowest BCUT2D eigenvalue weighted by Crippen LogP contribution is -2.29. The van der Waals surface area contributed by atoms with E-state index in [9.17, 15) is 0 Å². The van der Waals surface area contributed by atoms with E-state index in [1.54, 1.807) is 0 Å². The van der Waals surface area contributed by atoms with Crippen molar-refractivity contribution in [3.8, 4) is 0 Å². The highest BCUT2D eigenvalue weighted by Gasteiger charge is 2.17. The van der Waals surface area contributed by atoms with Gasteiger partial charge in [0, 0.05) is 18.8 Å². The number of likely N-dealkylation sites (N-methyl/N-ethyl adjacent to an activating group) is 1. The Labute approximate surface area is 126 Å². The summed E-state index contributed by atoms with van der Waals surface area (Å²) in [4.78, 5) is 7.53. The van der Waals surface area contributed by atoms with Crippen LogP contribution in [0.1, 0.15) is 37.1 Å². The van der Waals surface area contributed by atoms with Crippen LogP contribution in [-0.2, 0) is 12.8 Å². The molecule has 5 heteroatoms. The molecular weight excluding hydrogens is 268 g/mol. The fourth-order valence-electron chi connectivity index (χ4n) is 2.67. The van der Waals surface area contributed by atoms with Crippen molar-refractivity contribution in [3.63, 3.8) is 0 Å². The molecule has 0 atom stereocenters. The molecule has 0 saturated carbocycles. The second-order valence-electron chi connectivity index (χ2n) is 5.16. The van der Waals surface area contributed by atoms with Crippen LogP contribution in [0.15, 0.2) is 6.07 Å². The van der Waals surface area contributed by atoms with E-state index < -0.39 is 0 Å². The molecule has 1 aromatic heterocycles. The summed E-state index contributed by atoms with van der Waals surface area (Å²) in [5.74, 6) is 0.852. The maximum Gasteiger partial charge on any atom is 0.136 e. The Morgan fingerprint density at radius 1 is 1.40 bits per heavy atom. The minimum absolute atomic E-state index is 0.428. The number of aryl methyl sites for hydroxylation is 2. The van der Waals surface area contributed by atoms with Crippen molar-refractivity contribution in [1.29, 1.82) is 0 Å². The summed E-state index contributed by atoms with van der Waals surface area (Å²) in [5.41, 5.74) is 9.23. The van der Waals surface area contributed by atoms with Crippen LogP contribution in [0.4, 0.5) is 5.82 Å². The molecular formula is C15H24N4S. The van der Waals surface area contributed by atoms with Crippen LogP contribution in [0, 0.1) is 0 Å². The van der Waals surface area contributed by atoms with Gasteiger partial charge in [-0.05, 0) is 44.0 Å². The van der Waals surface area contributed by atoms with Gasteiger partial charge in [0.2, 0.25) is 0 Å². The smallest absolute Gasteiger partial charge is 0.136 e. The first kappa shape index (κ1) is 15.2. The lowest BCUT2D eigenvalue weighted by Gasteiger charge is -2.19. The Kier molecular flexibility index (Phi) is 5.31. The van der Waals surface area contributed by atoms with Crippen molar-refractivity contribution in [2.75, 3.05) is 31.5 Å². The molecule has 1 heterocycles. The molecule has 3 N–H and O–H groups in total. The summed E-state index contributed by atoms with van der Waals surface area (Å²) >= 11 is 5.16. The molecule has 0 saturated heterocycles. The SMILES string of the molecule is CCN(CC)CCNc1nc2c(cc1C(N)=S)CCC2. The van der Waals surface area contributed by atoms with Crippen LogP contribution >= 0.6 is 12.2 Å². The van der Waals surface area contributed by atoms with Gasteiger partial charge in [-0.1, -0.05) is 26.1 Å². The number of anilines is 1. The number of pyridine rings is 1. The van der Waals surface area contributed by atoms with Crippen LogP contribution in [0.25, 0.3) is 0 Å². The Hall–Kier alpha value is -1.20. The van der Waals surface area contributed by atoms with Crippen molar-refractivity contribution >= 4 is 23.0 Å². The molecule has 20 heavy (non-hydrogen) atoms. The lowest BCUT2D eigenvalue weighted by atomic mass is 10.1. The van der Waals surface area contributed by atoms with Gasteiger partial charge < -0.3 is 16.0 Å². The molecule has 1 aromatic rings. The van der Waals surface area contributed by atoms with E-state index in [-0.39, 0.29) is 0 Å². The quantitative estimate of drug-likeness (QED) is 0.752. The van der Waals surface area contributed by atoms with Crippen molar-refractivity contribution in [1.82, 2.24) is 9.88 Å². The van der Waals surface area contributed by atoms with E-state index in [2.05, 4.69) is 30.1 Å². The largest absolute Gasteiger partial charge is 0.389 e. The lowest BCUT2D eigenvalue weighted by molar-refractivity contribution is 0.316. The Morgan fingerprint density at radius 2 is 2.15 bits per heavy atom. The monoisotopic (exact) mass is 292 g/mol. The normalized spacial score (nSPS) is 13.6. The predicted molar refractivity (Wildman–Crippen MR) is 88.4 cm³/mol. The van der Waals surface area contributed by atoms with Crippen LogP contribution in [-0.4, -0.2) is 41.1 Å². The fraction of sp³-hybridized carbons (Fsp3) is 0.600. The average Bonchev–Trinajstić information content (AvgIpc) is 2.89. The first-order chi connectivity index (χ1) is 9.65. The maximum atomic E-state index is 5.83. The zero-order chi connectivity index (χ0) is 14.5. The zero-order valence-corrected chi connectivity index (χ0v) is 13.2. The highest BCUT2D eigenvalue weighted by molar-refractivity contribution is 7.80. The number of nitrogens with zero attached hydrogens (tertiary/aromatic N) is 2. The van der Waals surface area contributed by atoms with Crippen molar-refractivity contribution in [3.05, 3.63) is 22.9 Å². The third kappa shape index (κ3) is 3.46. The highest BCUT2D eigenvalue weighted by atomic mass is 32.1. The number of aromatic nitrogens is 1. The summed E-state index contributed by atoms with van der Waals surface area (Å²) < 4.78 is 0. The standard InChI is InChI=1S/C15H24N4S/c1-3-19(4-2)9-8-17-15-12(14(16)20)10-11-6-5-7-13(11)18-15/h10H,3-9H2,1-2H3,(H2,16,20)(H,17,18). The molecule has 0 amide bonds. The number of fused-ring (bicyclic) bond motifs is 1. The van der Waals surface area contributed by atoms with E-state index in [1.165, 1.54) is 17.7 Å². The van der Waals surface area contributed by atoms with Gasteiger partial charge in [0.05, 0.1) is 5.56 Å². The van der Waals surface area contributed by atoms with Crippen LogP contribution in [0.3, 0.4) is 0 Å². The summed E-state index contributed by atoms with van der Waals surface area (Å²) in [7, 11) is 0. The van der Waals surface area contributed by atoms with Crippen LogP contribution < -0.4 is 11.1 Å². The van der Waals surface area contributed by atoms with Gasteiger partial charge in [0.25, 0.3) is 0 Å². The molecule has 2 rings (SSSR count). The highest BCUT2D eigenvalue weighted by Crippen LogP contribution is 2.25. The first-order valence-electron chi connectivity index (χ1n) is 7.44. The van der Waals surface area contributed by atoms with E-state index in [0.717, 1.165) is 50.4 Å². The molecule has 4 nitrogen and oxygen atoms in total.